The number of carbonyl (C=O) groups excluding carboxylic acids is 1. The SMILES string of the molecule is O=C(O)Cc1ccc(OC2CC2)c(-c2ccc(F)c3c2CN(OC(=O)OCc2ccccc2)CC3)c1. The highest BCUT2D eigenvalue weighted by Gasteiger charge is 2.29. The van der Waals surface area contributed by atoms with E-state index in [0.717, 1.165) is 24.0 Å². The molecule has 0 atom stereocenters. The number of hydrogen-bond acceptors (Lipinski definition) is 6. The van der Waals surface area contributed by atoms with Crippen molar-refractivity contribution in [3.05, 3.63) is 88.7 Å². The van der Waals surface area contributed by atoms with Crippen molar-refractivity contribution in [2.45, 2.75) is 44.9 Å². The van der Waals surface area contributed by atoms with Crippen LogP contribution in [0, 0.1) is 5.82 Å². The van der Waals surface area contributed by atoms with Crippen LogP contribution in [0.1, 0.15) is 35.1 Å². The summed E-state index contributed by atoms with van der Waals surface area (Å²) in [5, 5.41) is 10.7. The third-order valence-corrected chi connectivity index (χ3v) is 6.23. The van der Waals surface area contributed by atoms with Crippen LogP contribution >= 0.6 is 0 Å². The fourth-order valence-electron chi connectivity index (χ4n) is 4.33. The molecule has 0 saturated heterocycles. The van der Waals surface area contributed by atoms with Gasteiger partial charge in [0.2, 0.25) is 0 Å². The molecule has 7 nitrogen and oxygen atoms in total. The molecule has 3 aromatic carbocycles. The molecule has 1 fully saturated rings. The number of halogens is 1. The van der Waals surface area contributed by atoms with Gasteiger partial charge in [-0.25, -0.2) is 9.18 Å². The van der Waals surface area contributed by atoms with Gasteiger partial charge in [0.1, 0.15) is 18.2 Å². The van der Waals surface area contributed by atoms with Gasteiger partial charge in [0, 0.05) is 12.1 Å². The van der Waals surface area contributed by atoms with Crippen LogP contribution in [0.15, 0.2) is 60.7 Å². The molecular weight excluding hydrogens is 465 g/mol. The molecule has 0 radical (unpaired) electrons. The van der Waals surface area contributed by atoms with Crippen LogP contribution in [-0.2, 0) is 40.4 Å². The third kappa shape index (κ3) is 5.66. The number of hydroxylamine groups is 2. The van der Waals surface area contributed by atoms with E-state index in [9.17, 15) is 19.1 Å². The molecule has 1 aliphatic heterocycles. The minimum atomic E-state index is -0.938. The molecule has 0 aromatic heterocycles. The molecule has 1 N–H and O–H groups in total. The van der Waals surface area contributed by atoms with E-state index >= 15 is 0 Å². The zero-order valence-electron chi connectivity index (χ0n) is 19.6. The zero-order chi connectivity index (χ0) is 25.1. The molecule has 1 saturated carbocycles. The zero-order valence-corrected chi connectivity index (χ0v) is 19.6. The Balaban J connectivity index is 1.39. The standard InChI is InChI=1S/C28H26FNO6/c29-25-10-9-21(23-14-19(15-27(31)32)6-11-26(23)35-20-7-8-20)24-16-30(13-12-22(24)25)36-28(33)34-17-18-4-2-1-3-5-18/h1-6,9-11,14,20H,7-8,12-13,15-17H2,(H,31,32). The molecule has 0 bridgehead atoms. The van der Waals surface area contributed by atoms with Crippen LogP contribution in [0.25, 0.3) is 11.1 Å². The smallest absolute Gasteiger partial charge is 0.490 e. The van der Waals surface area contributed by atoms with Gasteiger partial charge in [-0.15, -0.1) is 5.06 Å². The number of carboxylic acid groups (broad SMARTS) is 1. The number of nitrogens with zero attached hydrogens (tertiary/aromatic N) is 1. The van der Waals surface area contributed by atoms with Crippen molar-refractivity contribution in [3.63, 3.8) is 0 Å². The van der Waals surface area contributed by atoms with Gasteiger partial charge in [0.15, 0.2) is 0 Å². The molecule has 5 rings (SSSR count). The maximum Gasteiger partial charge on any atom is 0.528 e. The van der Waals surface area contributed by atoms with Gasteiger partial charge in [0.25, 0.3) is 0 Å². The molecule has 8 heteroatoms. The molecule has 186 valence electrons. The Bertz CT molecular complexity index is 1270. The van der Waals surface area contributed by atoms with Gasteiger partial charge in [-0.2, -0.15) is 0 Å². The molecule has 0 spiro atoms. The summed E-state index contributed by atoms with van der Waals surface area (Å²) in [6.07, 6.45) is 1.43. The first-order chi connectivity index (χ1) is 17.5. The van der Waals surface area contributed by atoms with E-state index in [2.05, 4.69) is 0 Å². The lowest BCUT2D eigenvalue weighted by atomic mass is 9.90. The average molecular weight is 492 g/mol. The molecule has 1 aliphatic carbocycles. The minimum Gasteiger partial charge on any atom is -0.490 e. The summed E-state index contributed by atoms with van der Waals surface area (Å²) in [5.41, 5.74) is 4.10. The van der Waals surface area contributed by atoms with E-state index < -0.39 is 12.1 Å². The normalized spacial score (nSPS) is 15.1. The van der Waals surface area contributed by atoms with E-state index in [1.54, 1.807) is 24.3 Å². The van der Waals surface area contributed by atoms with Crippen molar-refractivity contribution >= 4 is 12.1 Å². The summed E-state index contributed by atoms with van der Waals surface area (Å²) in [6, 6.07) is 17.7. The second-order valence-electron chi connectivity index (χ2n) is 9.00. The summed E-state index contributed by atoms with van der Waals surface area (Å²) < 4.78 is 26.1. The van der Waals surface area contributed by atoms with Gasteiger partial charge >= 0.3 is 12.1 Å². The van der Waals surface area contributed by atoms with E-state index in [0.29, 0.717) is 41.0 Å². The first kappa shape index (κ1) is 23.8. The van der Waals surface area contributed by atoms with Crippen LogP contribution in [0.5, 0.6) is 5.75 Å². The van der Waals surface area contributed by atoms with Crippen molar-refractivity contribution in [2.75, 3.05) is 6.54 Å². The third-order valence-electron chi connectivity index (χ3n) is 6.23. The second kappa shape index (κ2) is 10.4. The van der Waals surface area contributed by atoms with Gasteiger partial charge < -0.3 is 19.4 Å². The topological polar surface area (TPSA) is 85.3 Å². The number of carbonyl (C=O) groups is 2. The summed E-state index contributed by atoms with van der Waals surface area (Å²) in [4.78, 5) is 29.0. The van der Waals surface area contributed by atoms with E-state index in [4.69, 9.17) is 14.3 Å². The molecule has 2 aliphatic rings. The highest BCUT2D eigenvalue weighted by atomic mass is 19.1. The van der Waals surface area contributed by atoms with Crippen molar-refractivity contribution in [1.29, 1.82) is 0 Å². The number of benzene rings is 3. The Hall–Kier alpha value is -3.91. The summed E-state index contributed by atoms with van der Waals surface area (Å²) in [6.45, 7) is 0.565. The molecule has 3 aromatic rings. The Morgan fingerprint density at radius 3 is 2.53 bits per heavy atom. The van der Waals surface area contributed by atoms with Crippen LogP contribution in [-0.4, -0.2) is 34.9 Å². The monoisotopic (exact) mass is 491 g/mol. The van der Waals surface area contributed by atoms with Gasteiger partial charge in [-0.3, -0.25) is 4.79 Å². The number of rotatable bonds is 8. The fourth-order valence-corrected chi connectivity index (χ4v) is 4.33. The van der Waals surface area contributed by atoms with Crippen molar-refractivity contribution in [1.82, 2.24) is 5.06 Å². The number of fused-ring (bicyclic) bond motifs is 1. The molecular formula is C28H26FNO6. The highest BCUT2D eigenvalue weighted by Crippen LogP contribution is 2.40. The van der Waals surface area contributed by atoms with Crippen molar-refractivity contribution < 1.29 is 33.4 Å². The Labute approximate surface area is 208 Å². The molecule has 36 heavy (non-hydrogen) atoms. The minimum absolute atomic E-state index is 0.0855. The second-order valence-corrected chi connectivity index (χ2v) is 9.00. The fraction of sp³-hybridized carbons (Fsp3) is 0.286. The van der Waals surface area contributed by atoms with Crippen LogP contribution < -0.4 is 4.74 Å². The first-order valence-electron chi connectivity index (χ1n) is 11.9. The number of carboxylic acids is 1. The van der Waals surface area contributed by atoms with Crippen molar-refractivity contribution in [2.24, 2.45) is 0 Å². The maximum absolute atomic E-state index is 14.8. The predicted octanol–water partition coefficient (Wildman–Crippen LogP) is 5.29. The summed E-state index contributed by atoms with van der Waals surface area (Å²) in [7, 11) is 0. The van der Waals surface area contributed by atoms with Gasteiger partial charge in [-0.05, 0) is 65.3 Å². The molecule has 0 unspecified atom stereocenters. The van der Waals surface area contributed by atoms with Crippen LogP contribution in [0.3, 0.4) is 0 Å². The van der Waals surface area contributed by atoms with Crippen LogP contribution in [0.2, 0.25) is 0 Å². The maximum atomic E-state index is 14.8. The molecule has 1 heterocycles. The lowest BCUT2D eigenvalue weighted by molar-refractivity contribution is -0.139. The lowest BCUT2D eigenvalue weighted by Crippen LogP contribution is -2.34. The van der Waals surface area contributed by atoms with Gasteiger partial charge in [0.05, 0.1) is 19.1 Å². The Morgan fingerprint density at radius 1 is 0.972 bits per heavy atom. The summed E-state index contributed by atoms with van der Waals surface area (Å²) in [5.74, 6) is -0.640. The largest absolute Gasteiger partial charge is 0.528 e. The van der Waals surface area contributed by atoms with Gasteiger partial charge in [-0.1, -0.05) is 42.5 Å². The predicted molar refractivity (Wildman–Crippen MR) is 129 cm³/mol. The number of hydrogen-bond donors (Lipinski definition) is 1. The van der Waals surface area contributed by atoms with E-state index in [1.165, 1.54) is 11.1 Å². The average Bonchev–Trinajstić information content (AvgIpc) is 3.69. The number of aliphatic carboxylic acids is 1. The van der Waals surface area contributed by atoms with Crippen LogP contribution in [0.4, 0.5) is 9.18 Å². The van der Waals surface area contributed by atoms with E-state index in [1.807, 2.05) is 30.3 Å². The lowest BCUT2D eigenvalue weighted by Gasteiger charge is -2.29. The number of ether oxygens (including phenoxy) is 2. The summed E-state index contributed by atoms with van der Waals surface area (Å²) >= 11 is 0. The Morgan fingerprint density at radius 2 is 1.78 bits per heavy atom. The Kier molecular flexibility index (Phi) is 6.86. The highest BCUT2D eigenvalue weighted by molar-refractivity contribution is 5.77. The van der Waals surface area contributed by atoms with Crippen molar-refractivity contribution in [3.8, 4) is 16.9 Å². The molecule has 0 amide bonds. The first-order valence-corrected chi connectivity index (χ1v) is 11.9. The van der Waals surface area contributed by atoms with E-state index in [-0.39, 0.29) is 31.5 Å². The quantitative estimate of drug-likeness (QED) is 0.429.